The third-order valence-electron chi connectivity index (χ3n) is 3.99. The summed E-state index contributed by atoms with van der Waals surface area (Å²) in [5, 5.41) is 29.2. The molecule has 21 heavy (non-hydrogen) atoms. The molecular weight excluding hydrogens is 264 g/mol. The van der Waals surface area contributed by atoms with E-state index in [-0.39, 0.29) is 11.5 Å². The maximum Gasteiger partial charge on any atom is 0.200 e. The van der Waals surface area contributed by atoms with Crippen LogP contribution in [0.25, 0.3) is 11.1 Å². The zero-order valence-electron chi connectivity index (χ0n) is 12.8. The highest BCUT2D eigenvalue weighted by atomic mass is 16.3. The smallest absolute Gasteiger partial charge is 0.200 e. The number of phenols is 3. The van der Waals surface area contributed by atoms with Gasteiger partial charge in [-0.3, -0.25) is 0 Å². The largest absolute Gasteiger partial charge is 0.504 e. The van der Waals surface area contributed by atoms with Gasteiger partial charge < -0.3 is 15.3 Å². The van der Waals surface area contributed by atoms with Crippen molar-refractivity contribution in [1.29, 1.82) is 0 Å². The van der Waals surface area contributed by atoms with Crippen molar-refractivity contribution in [2.75, 3.05) is 0 Å². The standard InChI is InChI=1S/C18H22O3/c1-4-11-9-13(10-12(5-2)14(11)6-3)15-7-8-16(19)18(21)17(15)20/h7-10,19-21H,4-6H2,1-3H3. The minimum Gasteiger partial charge on any atom is -0.504 e. The molecule has 3 nitrogen and oxygen atoms in total. The second-order valence-corrected chi connectivity index (χ2v) is 5.16. The van der Waals surface area contributed by atoms with Crippen LogP contribution in [0.15, 0.2) is 24.3 Å². The molecule has 0 aliphatic heterocycles. The van der Waals surface area contributed by atoms with Gasteiger partial charge in [0.1, 0.15) is 0 Å². The minimum atomic E-state index is -0.469. The molecule has 0 aliphatic rings. The number of hydrogen-bond donors (Lipinski definition) is 3. The molecule has 0 aromatic heterocycles. The molecule has 2 rings (SSSR count). The van der Waals surface area contributed by atoms with Crippen LogP contribution in [0.1, 0.15) is 37.5 Å². The van der Waals surface area contributed by atoms with Crippen LogP contribution in [-0.4, -0.2) is 15.3 Å². The number of benzene rings is 2. The van der Waals surface area contributed by atoms with E-state index in [4.69, 9.17) is 0 Å². The summed E-state index contributed by atoms with van der Waals surface area (Å²) in [5.74, 6) is -1.06. The molecule has 112 valence electrons. The molecule has 0 heterocycles. The van der Waals surface area contributed by atoms with Crippen molar-refractivity contribution >= 4 is 0 Å². The summed E-state index contributed by atoms with van der Waals surface area (Å²) in [6, 6.07) is 7.15. The van der Waals surface area contributed by atoms with Gasteiger partial charge in [0, 0.05) is 5.56 Å². The number of rotatable bonds is 4. The SMILES string of the molecule is CCc1cc(-c2ccc(O)c(O)c2O)cc(CC)c1CC. The Morgan fingerprint density at radius 2 is 1.33 bits per heavy atom. The number of aromatic hydroxyl groups is 3. The molecule has 0 amide bonds. The summed E-state index contributed by atoms with van der Waals surface area (Å²) >= 11 is 0. The monoisotopic (exact) mass is 286 g/mol. The van der Waals surface area contributed by atoms with Gasteiger partial charge in [-0.2, -0.15) is 0 Å². The zero-order valence-corrected chi connectivity index (χ0v) is 12.8. The van der Waals surface area contributed by atoms with Gasteiger partial charge in [-0.25, -0.2) is 0 Å². The van der Waals surface area contributed by atoms with E-state index in [9.17, 15) is 15.3 Å². The molecule has 0 atom stereocenters. The van der Waals surface area contributed by atoms with Crippen molar-refractivity contribution in [1.82, 2.24) is 0 Å². The first-order chi connectivity index (χ1) is 10.0. The highest BCUT2D eigenvalue weighted by molar-refractivity contribution is 5.76. The molecule has 0 bridgehead atoms. The lowest BCUT2D eigenvalue weighted by molar-refractivity contribution is 0.369. The maximum atomic E-state index is 10.1. The van der Waals surface area contributed by atoms with Gasteiger partial charge in [0.2, 0.25) is 5.75 Å². The van der Waals surface area contributed by atoms with Crippen LogP contribution < -0.4 is 0 Å². The first-order valence-corrected chi connectivity index (χ1v) is 7.42. The van der Waals surface area contributed by atoms with E-state index in [1.807, 2.05) is 0 Å². The van der Waals surface area contributed by atoms with E-state index in [0.29, 0.717) is 5.56 Å². The number of aryl methyl sites for hydroxylation is 2. The van der Waals surface area contributed by atoms with Crippen LogP contribution in [-0.2, 0) is 19.3 Å². The lowest BCUT2D eigenvalue weighted by Crippen LogP contribution is -1.99. The summed E-state index contributed by atoms with van der Waals surface area (Å²) in [6.45, 7) is 6.38. The van der Waals surface area contributed by atoms with E-state index in [1.54, 1.807) is 6.07 Å². The highest BCUT2D eigenvalue weighted by Crippen LogP contribution is 2.42. The third-order valence-corrected chi connectivity index (χ3v) is 3.99. The highest BCUT2D eigenvalue weighted by Gasteiger charge is 2.15. The lowest BCUT2D eigenvalue weighted by Gasteiger charge is -2.16. The quantitative estimate of drug-likeness (QED) is 0.740. The molecule has 2 aromatic rings. The Bertz CT molecular complexity index is 635. The van der Waals surface area contributed by atoms with Gasteiger partial charge >= 0.3 is 0 Å². The van der Waals surface area contributed by atoms with E-state index >= 15 is 0 Å². The van der Waals surface area contributed by atoms with Gasteiger partial charge in [0.05, 0.1) is 0 Å². The van der Waals surface area contributed by atoms with Crippen molar-refractivity contribution in [3.63, 3.8) is 0 Å². The topological polar surface area (TPSA) is 60.7 Å². The van der Waals surface area contributed by atoms with Crippen molar-refractivity contribution < 1.29 is 15.3 Å². The second-order valence-electron chi connectivity index (χ2n) is 5.16. The second kappa shape index (κ2) is 6.08. The summed E-state index contributed by atoms with van der Waals surface area (Å²) in [4.78, 5) is 0. The van der Waals surface area contributed by atoms with Crippen LogP contribution in [0.5, 0.6) is 17.2 Å². The predicted molar refractivity (Wildman–Crippen MR) is 85.0 cm³/mol. The molecule has 0 aliphatic carbocycles. The van der Waals surface area contributed by atoms with Crippen molar-refractivity contribution in [2.24, 2.45) is 0 Å². The molecule has 0 saturated carbocycles. The van der Waals surface area contributed by atoms with Crippen LogP contribution in [0.4, 0.5) is 0 Å². The molecule has 2 aromatic carbocycles. The summed E-state index contributed by atoms with van der Waals surface area (Å²) in [7, 11) is 0. The molecule has 0 saturated heterocycles. The molecule has 0 spiro atoms. The average Bonchev–Trinajstić information content (AvgIpc) is 2.51. The maximum absolute atomic E-state index is 10.1. The van der Waals surface area contributed by atoms with Crippen LogP contribution in [0.3, 0.4) is 0 Å². The van der Waals surface area contributed by atoms with Crippen molar-refractivity contribution in [3.05, 3.63) is 41.0 Å². The summed E-state index contributed by atoms with van der Waals surface area (Å²) < 4.78 is 0. The van der Waals surface area contributed by atoms with Gasteiger partial charge in [0.25, 0.3) is 0 Å². The Hall–Kier alpha value is -2.16. The van der Waals surface area contributed by atoms with Gasteiger partial charge in [-0.15, -0.1) is 0 Å². The Kier molecular flexibility index (Phi) is 4.41. The Balaban J connectivity index is 2.67. The minimum absolute atomic E-state index is 0.275. The zero-order chi connectivity index (χ0) is 15.6. The summed E-state index contributed by atoms with van der Waals surface area (Å²) in [5.41, 5.74) is 5.30. The Morgan fingerprint density at radius 3 is 1.81 bits per heavy atom. The van der Waals surface area contributed by atoms with E-state index in [1.165, 1.54) is 22.8 Å². The lowest BCUT2D eigenvalue weighted by atomic mass is 9.90. The van der Waals surface area contributed by atoms with Gasteiger partial charge in [-0.1, -0.05) is 32.9 Å². The van der Waals surface area contributed by atoms with E-state index < -0.39 is 5.75 Å². The van der Waals surface area contributed by atoms with Gasteiger partial charge in [0.15, 0.2) is 11.5 Å². The fourth-order valence-corrected chi connectivity index (χ4v) is 2.84. The molecular formula is C18H22O3. The molecule has 3 heteroatoms. The fourth-order valence-electron chi connectivity index (χ4n) is 2.84. The van der Waals surface area contributed by atoms with Crippen molar-refractivity contribution in [2.45, 2.75) is 40.0 Å². The van der Waals surface area contributed by atoms with E-state index in [2.05, 4.69) is 32.9 Å². The number of phenolic OH excluding ortho intramolecular Hbond substituents is 3. The van der Waals surface area contributed by atoms with Crippen molar-refractivity contribution in [3.8, 4) is 28.4 Å². The molecule has 3 N–H and O–H groups in total. The molecule has 0 unspecified atom stereocenters. The fraction of sp³-hybridized carbons (Fsp3) is 0.333. The Morgan fingerprint density at radius 1 is 0.762 bits per heavy atom. The van der Waals surface area contributed by atoms with Gasteiger partial charge in [-0.05, 0) is 53.6 Å². The summed E-state index contributed by atoms with van der Waals surface area (Å²) in [6.07, 6.45) is 2.84. The van der Waals surface area contributed by atoms with Crippen LogP contribution in [0.2, 0.25) is 0 Å². The molecule has 0 radical (unpaired) electrons. The van der Waals surface area contributed by atoms with E-state index in [0.717, 1.165) is 24.8 Å². The third kappa shape index (κ3) is 2.68. The van der Waals surface area contributed by atoms with Crippen LogP contribution >= 0.6 is 0 Å². The van der Waals surface area contributed by atoms with Crippen LogP contribution in [0, 0.1) is 0 Å². The first-order valence-electron chi connectivity index (χ1n) is 7.42. The first kappa shape index (κ1) is 15.2. The normalized spacial score (nSPS) is 10.8. The number of hydrogen-bond acceptors (Lipinski definition) is 3. The Labute approximate surface area is 125 Å². The predicted octanol–water partition coefficient (Wildman–Crippen LogP) is 4.16. The average molecular weight is 286 g/mol. The molecule has 0 fully saturated rings.